The predicted molar refractivity (Wildman–Crippen MR) is 56.4 cm³/mol. The predicted octanol–water partition coefficient (Wildman–Crippen LogP) is 2.76. The third-order valence-corrected chi connectivity index (χ3v) is 1.68. The van der Waals surface area contributed by atoms with Gasteiger partial charge in [0.1, 0.15) is 0 Å². The summed E-state index contributed by atoms with van der Waals surface area (Å²) in [5.41, 5.74) is 0. The summed E-state index contributed by atoms with van der Waals surface area (Å²) in [7, 11) is 0. The van der Waals surface area contributed by atoms with Gasteiger partial charge in [0.25, 0.3) is 0 Å². The molecule has 4 nitrogen and oxygen atoms in total. The Morgan fingerprint density at radius 2 is 1.33 bits per heavy atom. The quantitative estimate of drug-likeness (QED) is 0.417. The number of hydrogen-bond donors (Lipinski definition) is 0. The van der Waals surface area contributed by atoms with Gasteiger partial charge in [0.2, 0.25) is 0 Å². The molecule has 0 bridgehead atoms. The summed E-state index contributed by atoms with van der Waals surface area (Å²) in [5.74, 6) is -1.21. The van der Waals surface area contributed by atoms with E-state index in [4.69, 9.17) is 23.2 Å². The van der Waals surface area contributed by atoms with Crippen LogP contribution in [0.4, 0.5) is 0 Å². The highest BCUT2D eigenvalue weighted by molar-refractivity contribution is 6.46. The van der Waals surface area contributed by atoms with Crippen molar-refractivity contribution >= 4 is 35.1 Å². The Hall–Kier alpha value is -0.480. The van der Waals surface area contributed by atoms with Crippen LogP contribution in [0.3, 0.4) is 0 Å². The molecule has 0 aromatic carbocycles. The second-order valence-electron chi connectivity index (χ2n) is 2.91. The van der Waals surface area contributed by atoms with Crippen LogP contribution in [-0.4, -0.2) is 16.6 Å². The summed E-state index contributed by atoms with van der Waals surface area (Å²) >= 11 is 11.0. The number of hydrogen-bond acceptors (Lipinski definition) is 4. The Balaban J connectivity index is 4.05. The number of halogens is 2. The van der Waals surface area contributed by atoms with Crippen molar-refractivity contribution in [3.63, 3.8) is 0 Å². The van der Waals surface area contributed by atoms with Gasteiger partial charge in [-0.15, -0.1) is 0 Å². The molecule has 0 atom stereocenters. The van der Waals surface area contributed by atoms with Gasteiger partial charge in [-0.2, -0.15) is 0 Å². The molecular formula is C9H14Cl2O4. The minimum atomic E-state index is -2.21. The Kier molecular flexibility index (Phi) is 6.68. The minimum absolute atomic E-state index is 0.173. The Labute approximate surface area is 98.8 Å². The molecule has 0 amide bonds. The van der Waals surface area contributed by atoms with Gasteiger partial charge in [-0.1, -0.05) is 13.8 Å². The van der Waals surface area contributed by atoms with E-state index < -0.39 is 16.6 Å². The van der Waals surface area contributed by atoms with E-state index in [1.807, 2.05) is 0 Å². The van der Waals surface area contributed by atoms with Crippen molar-refractivity contribution < 1.29 is 19.1 Å². The maximum Gasteiger partial charge on any atom is 0.423 e. The first-order chi connectivity index (χ1) is 6.91. The van der Waals surface area contributed by atoms with Crippen molar-refractivity contribution in [2.75, 3.05) is 0 Å². The topological polar surface area (TPSA) is 52.6 Å². The highest BCUT2D eigenvalue weighted by atomic mass is 35.5. The Morgan fingerprint density at radius 3 is 1.60 bits per heavy atom. The zero-order valence-electron chi connectivity index (χ0n) is 8.72. The lowest BCUT2D eigenvalue weighted by atomic mass is 10.3. The van der Waals surface area contributed by atoms with Crippen molar-refractivity contribution in [3.8, 4) is 0 Å². The van der Waals surface area contributed by atoms with Gasteiger partial charge in [-0.3, -0.25) is 9.59 Å². The second-order valence-corrected chi connectivity index (χ2v) is 4.10. The van der Waals surface area contributed by atoms with Crippen molar-refractivity contribution in [3.05, 3.63) is 0 Å². The maximum atomic E-state index is 11.0. The van der Waals surface area contributed by atoms with Crippen LogP contribution in [0.25, 0.3) is 0 Å². The van der Waals surface area contributed by atoms with E-state index in [0.717, 1.165) is 0 Å². The average Bonchev–Trinajstić information content (AvgIpc) is 2.01. The third kappa shape index (κ3) is 7.45. The zero-order chi connectivity index (χ0) is 11.9. The van der Waals surface area contributed by atoms with Crippen LogP contribution in [0.2, 0.25) is 0 Å². The molecule has 6 heteroatoms. The SMILES string of the molecule is CCCC(=O)OC(Cl)(Cl)OC(=O)CCC. The molecule has 0 aliphatic rings. The highest BCUT2D eigenvalue weighted by Crippen LogP contribution is 2.25. The van der Waals surface area contributed by atoms with Gasteiger partial charge >= 0.3 is 16.6 Å². The largest absolute Gasteiger partial charge is 0.423 e. The molecule has 0 unspecified atom stereocenters. The van der Waals surface area contributed by atoms with Gasteiger partial charge in [-0.05, 0) is 36.0 Å². The van der Waals surface area contributed by atoms with E-state index in [1.165, 1.54) is 0 Å². The smallest absolute Gasteiger partial charge is 0.395 e. The zero-order valence-corrected chi connectivity index (χ0v) is 10.2. The van der Waals surface area contributed by atoms with Gasteiger partial charge in [0, 0.05) is 12.8 Å². The standard InChI is InChI=1S/C9H14Cl2O4/c1-3-5-7(12)14-9(10,11)15-8(13)6-4-2/h3-6H2,1-2H3. The maximum absolute atomic E-state index is 11.0. The van der Waals surface area contributed by atoms with Crippen molar-refractivity contribution in [1.29, 1.82) is 0 Å². The number of rotatable bonds is 6. The van der Waals surface area contributed by atoms with E-state index in [9.17, 15) is 9.59 Å². The lowest BCUT2D eigenvalue weighted by molar-refractivity contribution is -0.182. The Morgan fingerprint density at radius 1 is 1.00 bits per heavy atom. The highest BCUT2D eigenvalue weighted by Gasteiger charge is 2.33. The molecule has 0 fully saturated rings. The molecule has 0 N–H and O–H groups in total. The van der Waals surface area contributed by atoms with Gasteiger partial charge in [-0.25, -0.2) is 0 Å². The number of carbonyl (C=O) groups excluding carboxylic acids is 2. The van der Waals surface area contributed by atoms with Crippen molar-refractivity contribution in [1.82, 2.24) is 0 Å². The number of ether oxygens (including phenoxy) is 2. The lowest BCUT2D eigenvalue weighted by Gasteiger charge is -2.19. The molecule has 0 heterocycles. The van der Waals surface area contributed by atoms with Gasteiger partial charge in [0.15, 0.2) is 0 Å². The first kappa shape index (κ1) is 14.5. The third-order valence-electron chi connectivity index (χ3n) is 1.37. The lowest BCUT2D eigenvalue weighted by Crippen LogP contribution is -2.28. The fourth-order valence-electron chi connectivity index (χ4n) is 0.796. The molecule has 0 radical (unpaired) electrons. The van der Waals surface area contributed by atoms with E-state index in [0.29, 0.717) is 12.8 Å². The van der Waals surface area contributed by atoms with E-state index in [-0.39, 0.29) is 12.8 Å². The van der Waals surface area contributed by atoms with Gasteiger partial charge < -0.3 is 9.47 Å². The molecule has 0 rings (SSSR count). The monoisotopic (exact) mass is 256 g/mol. The molecule has 0 aliphatic heterocycles. The average molecular weight is 257 g/mol. The van der Waals surface area contributed by atoms with E-state index in [2.05, 4.69) is 9.47 Å². The van der Waals surface area contributed by atoms with Crippen LogP contribution in [-0.2, 0) is 19.1 Å². The fourth-order valence-corrected chi connectivity index (χ4v) is 1.14. The fraction of sp³-hybridized carbons (Fsp3) is 0.778. The molecule has 0 aromatic heterocycles. The number of alkyl halides is 2. The molecule has 0 spiro atoms. The van der Waals surface area contributed by atoms with Crippen LogP contribution >= 0.6 is 23.2 Å². The molecule has 0 aliphatic carbocycles. The van der Waals surface area contributed by atoms with Crippen LogP contribution in [0.1, 0.15) is 39.5 Å². The molecular weight excluding hydrogens is 243 g/mol. The minimum Gasteiger partial charge on any atom is -0.395 e. The number of esters is 2. The normalized spacial score (nSPS) is 10.9. The molecule has 0 aromatic rings. The summed E-state index contributed by atoms with van der Waals surface area (Å²) < 4.78 is 6.88. The second kappa shape index (κ2) is 6.90. The van der Waals surface area contributed by atoms with E-state index in [1.54, 1.807) is 13.8 Å². The molecule has 88 valence electrons. The molecule has 0 saturated heterocycles. The Bertz CT molecular complexity index is 206. The number of carbonyl (C=O) groups is 2. The first-order valence-electron chi connectivity index (χ1n) is 4.72. The van der Waals surface area contributed by atoms with Crippen LogP contribution < -0.4 is 0 Å². The van der Waals surface area contributed by atoms with Crippen LogP contribution in [0.5, 0.6) is 0 Å². The summed E-state index contributed by atoms with van der Waals surface area (Å²) in [5, 5.41) is 0. The van der Waals surface area contributed by atoms with Crippen molar-refractivity contribution in [2.24, 2.45) is 0 Å². The summed E-state index contributed by atoms with van der Waals surface area (Å²) in [6, 6.07) is 0. The summed E-state index contributed by atoms with van der Waals surface area (Å²) in [4.78, 5) is 22.0. The first-order valence-corrected chi connectivity index (χ1v) is 5.48. The van der Waals surface area contributed by atoms with E-state index >= 15 is 0 Å². The molecule has 0 saturated carbocycles. The van der Waals surface area contributed by atoms with Crippen LogP contribution in [0.15, 0.2) is 0 Å². The van der Waals surface area contributed by atoms with Crippen LogP contribution in [0, 0.1) is 0 Å². The summed E-state index contributed by atoms with van der Waals surface area (Å²) in [6.07, 6.45) is 1.55. The van der Waals surface area contributed by atoms with Gasteiger partial charge in [0.05, 0.1) is 0 Å². The molecule has 15 heavy (non-hydrogen) atoms. The van der Waals surface area contributed by atoms with Crippen molar-refractivity contribution in [2.45, 2.75) is 44.2 Å². The summed E-state index contributed by atoms with van der Waals surface area (Å²) in [6.45, 7) is 3.60.